The van der Waals surface area contributed by atoms with E-state index in [9.17, 15) is 4.79 Å². The fraction of sp³-hybridized carbons (Fsp3) is 0.250. The van der Waals surface area contributed by atoms with Gasteiger partial charge in [0.15, 0.2) is 0 Å². The van der Waals surface area contributed by atoms with E-state index in [1.807, 2.05) is 0 Å². The van der Waals surface area contributed by atoms with Crippen LogP contribution < -0.4 is 11.1 Å². The minimum absolute atomic E-state index is 0. The minimum Gasteiger partial charge on any atom is -0.346 e. The molecule has 0 fully saturated rings. The van der Waals surface area contributed by atoms with Gasteiger partial charge < -0.3 is 11.1 Å². The zero-order valence-corrected chi connectivity index (χ0v) is 11.0. The molecule has 0 saturated carbocycles. The van der Waals surface area contributed by atoms with Gasteiger partial charge in [-0.15, -0.1) is 23.7 Å². The molecule has 0 bridgehead atoms. The summed E-state index contributed by atoms with van der Waals surface area (Å²) < 4.78 is 0.722. The monoisotopic (exact) mass is 311 g/mol. The largest absolute Gasteiger partial charge is 0.346 e. The molecule has 15 heavy (non-hydrogen) atoms. The molecule has 3 N–H and O–H groups in total. The van der Waals surface area contributed by atoms with Crippen LogP contribution in [-0.4, -0.2) is 17.4 Å². The molecule has 1 aromatic heterocycles. The lowest BCUT2D eigenvalue weighted by molar-refractivity contribution is 0.0953. The zero-order valence-electron chi connectivity index (χ0n) is 7.83. The predicted molar refractivity (Wildman–Crippen MR) is 67.7 cm³/mol. The molecule has 0 saturated heterocycles. The highest BCUT2D eigenvalue weighted by atomic mass is 79.9. The molecule has 0 atom stereocenters. The Bertz CT molecular complexity index is 355. The Labute approximate surface area is 106 Å². The van der Waals surface area contributed by atoms with Gasteiger partial charge in [-0.2, -0.15) is 0 Å². The van der Waals surface area contributed by atoms with Crippen LogP contribution in [0.2, 0.25) is 0 Å². The van der Waals surface area contributed by atoms with Crippen LogP contribution in [0.25, 0.3) is 0 Å². The summed E-state index contributed by atoms with van der Waals surface area (Å²) in [6.07, 6.45) is 0. The first kappa shape index (κ1) is 14.6. The van der Waals surface area contributed by atoms with Crippen molar-refractivity contribution in [1.82, 2.24) is 10.3 Å². The first-order valence-corrected chi connectivity index (χ1v) is 5.56. The van der Waals surface area contributed by atoms with Crippen molar-refractivity contribution in [3.8, 4) is 0 Å². The van der Waals surface area contributed by atoms with Crippen molar-refractivity contribution in [3.63, 3.8) is 0 Å². The summed E-state index contributed by atoms with van der Waals surface area (Å²) >= 11 is 4.53. The van der Waals surface area contributed by atoms with Crippen LogP contribution in [0.5, 0.6) is 0 Å². The van der Waals surface area contributed by atoms with Gasteiger partial charge in [0.1, 0.15) is 10.7 Å². The van der Waals surface area contributed by atoms with E-state index in [4.69, 9.17) is 5.73 Å². The van der Waals surface area contributed by atoms with Crippen LogP contribution >= 0.6 is 39.7 Å². The summed E-state index contributed by atoms with van der Waals surface area (Å²) in [5.74, 6) is -0.207. The summed E-state index contributed by atoms with van der Waals surface area (Å²) in [5, 5.41) is 5.10. The van der Waals surface area contributed by atoms with E-state index in [-0.39, 0.29) is 18.3 Å². The Hall–Kier alpha value is -0.430. The maximum Gasteiger partial charge on any atom is 0.271 e. The van der Waals surface area contributed by atoms with E-state index in [1.54, 1.807) is 5.38 Å². The van der Waals surface area contributed by atoms with Crippen LogP contribution in [0.3, 0.4) is 0 Å². The molecule has 0 aliphatic rings. The van der Waals surface area contributed by atoms with Gasteiger partial charge in [0.05, 0.1) is 0 Å². The smallest absolute Gasteiger partial charge is 0.271 e. The Balaban J connectivity index is 0.00000196. The van der Waals surface area contributed by atoms with Gasteiger partial charge in [-0.05, 0) is 0 Å². The highest BCUT2D eigenvalue weighted by molar-refractivity contribution is 9.11. The normalized spacial score (nSPS) is 9.20. The van der Waals surface area contributed by atoms with Gasteiger partial charge in [-0.25, -0.2) is 4.98 Å². The van der Waals surface area contributed by atoms with Crippen molar-refractivity contribution >= 4 is 45.6 Å². The Morgan fingerprint density at radius 1 is 1.73 bits per heavy atom. The molecule has 0 aliphatic carbocycles. The number of nitrogens with two attached hydrogens (primary N) is 1. The number of carbonyl (C=O) groups is 1. The highest BCUT2D eigenvalue weighted by Crippen LogP contribution is 2.08. The molecular formula is C8H11BrClN3OS. The molecule has 1 amide bonds. The maximum absolute atomic E-state index is 11.4. The maximum atomic E-state index is 11.4. The lowest BCUT2D eigenvalue weighted by atomic mass is 10.4. The molecule has 0 radical (unpaired) electrons. The van der Waals surface area contributed by atoms with Crippen molar-refractivity contribution in [2.75, 3.05) is 6.54 Å². The van der Waals surface area contributed by atoms with Crippen molar-refractivity contribution in [2.45, 2.75) is 6.54 Å². The van der Waals surface area contributed by atoms with Gasteiger partial charge in [-0.3, -0.25) is 4.79 Å². The first-order chi connectivity index (χ1) is 6.63. The molecule has 84 valence electrons. The number of halogens is 2. The second kappa shape index (κ2) is 6.95. The average molecular weight is 313 g/mol. The second-order valence-corrected chi connectivity index (χ2v) is 4.59. The van der Waals surface area contributed by atoms with E-state index in [0.29, 0.717) is 18.8 Å². The number of hydrogen-bond donors (Lipinski definition) is 2. The number of thiazole rings is 1. The molecule has 0 unspecified atom stereocenters. The number of amides is 1. The topological polar surface area (TPSA) is 68.0 Å². The standard InChI is InChI=1S/C8H10BrN3OS.ClH/c1-5(9)3-11-8(13)6-4-14-7(2-10)12-6;/h4H,1-3,10H2,(H,11,13);1H. The van der Waals surface area contributed by atoms with Crippen molar-refractivity contribution in [3.05, 3.63) is 27.1 Å². The number of nitrogens with zero attached hydrogens (tertiary/aromatic N) is 1. The van der Waals surface area contributed by atoms with Crippen LogP contribution in [-0.2, 0) is 6.54 Å². The van der Waals surface area contributed by atoms with Crippen LogP contribution in [0.1, 0.15) is 15.5 Å². The van der Waals surface area contributed by atoms with Crippen LogP contribution in [0, 0.1) is 0 Å². The molecule has 0 aromatic carbocycles. The molecule has 1 aromatic rings. The van der Waals surface area contributed by atoms with E-state index in [0.717, 1.165) is 9.49 Å². The van der Waals surface area contributed by atoms with Gasteiger partial charge in [0.2, 0.25) is 0 Å². The van der Waals surface area contributed by atoms with Crippen molar-refractivity contribution in [1.29, 1.82) is 0 Å². The van der Waals surface area contributed by atoms with E-state index in [2.05, 4.69) is 32.8 Å². The summed E-state index contributed by atoms with van der Waals surface area (Å²) in [5.41, 5.74) is 5.79. The molecular weight excluding hydrogens is 302 g/mol. The number of rotatable bonds is 4. The Morgan fingerprint density at radius 3 is 2.87 bits per heavy atom. The molecule has 0 aliphatic heterocycles. The number of nitrogens with one attached hydrogen (secondary N) is 1. The predicted octanol–water partition coefficient (Wildman–Crippen LogP) is 1.66. The van der Waals surface area contributed by atoms with E-state index >= 15 is 0 Å². The fourth-order valence-electron chi connectivity index (χ4n) is 0.776. The lowest BCUT2D eigenvalue weighted by Crippen LogP contribution is -2.24. The zero-order chi connectivity index (χ0) is 10.6. The quantitative estimate of drug-likeness (QED) is 0.888. The average Bonchev–Trinajstić information content (AvgIpc) is 2.62. The second-order valence-electron chi connectivity index (χ2n) is 2.53. The SMILES string of the molecule is C=C(Br)CNC(=O)c1csc(CN)n1.Cl. The third-order valence-corrected chi connectivity index (χ3v) is 2.55. The molecule has 1 rings (SSSR count). The van der Waals surface area contributed by atoms with E-state index < -0.39 is 0 Å². The summed E-state index contributed by atoms with van der Waals surface area (Å²) in [6.45, 7) is 4.37. The Morgan fingerprint density at radius 2 is 2.40 bits per heavy atom. The van der Waals surface area contributed by atoms with Gasteiger partial charge in [-0.1, -0.05) is 22.5 Å². The first-order valence-electron chi connectivity index (χ1n) is 3.89. The third kappa shape index (κ3) is 4.74. The summed E-state index contributed by atoms with van der Waals surface area (Å²) in [7, 11) is 0. The van der Waals surface area contributed by atoms with Gasteiger partial charge in [0, 0.05) is 23.0 Å². The third-order valence-electron chi connectivity index (χ3n) is 1.40. The van der Waals surface area contributed by atoms with Gasteiger partial charge >= 0.3 is 0 Å². The Kier molecular flexibility index (Phi) is 6.75. The molecule has 0 spiro atoms. The van der Waals surface area contributed by atoms with Crippen molar-refractivity contribution in [2.24, 2.45) is 5.73 Å². The molecule has 1 heterocycles. The molecule has 7 heteroatoms. The summed E-state index contributed by atoms with van der Waals surface area (Å²) in [4.78, 5) is 15.5. The summed E-state index contributed by atoms with van der Waals surface area (Å²) in [6, 6.07) is 0. The van der Waals surface area contributed by atoms with Crippen LogP contribution in [0.15, 0.2) is 16.4 Å². The molecule has 4 nitrogen and oxygen atoms in total. The van der Waals surface area contributed by atoms with Crippen LogP contribution in [0.4, 0.5) is 0 Å². The number of aromatic nitrogens is 1. The lowest BCUT2D eigenvalue weighted by Gasteiger charge is -1.99. The van der Waals surface area contributed by atoms with Gasteiger partial charge in [0.25, 0.3) is 5.91 Å². The van der Waals surface area contributed by atoms with Crippen molar-refractivity contribution < 1.29 is 4.79 Å². The number of carbonyl (C=O) groups excluding carboxylic acids is 1. The highest BCUT2D eigenvalue weighted by Gasteiger charge is 2.09. The van der Waals surface area contributed by atoms with E-state index in [1.165, 1.54) is 11.3 Å². The fourth-order valence-corrected chi connectivity index (χ4v) is 1.57. The minimum atomic E-state index is -0.207. The number of hydrogen-bond acceptors (Lipinski definition) is 4.